The minimum atomic E-state index is -10.7. The Morgan fingerprint density at radius 3 is 1.97 bits per heavy atom. The third kappa shape index (κ3) is 11.1. The molecule has 205 valence electrons. The number of hydrogen-bond acceptors (Lipinski definition) is 2. The molecular weight excluding hydrogens is 636 g/mol. The first-order valence-electron chi connectivity index (χ1n) is 10.9. The van der Waals surface area contributed by atoms with Gasteiger partial charge >= 0.3 is 52.5 Å². The van der Waals surface area contributed by atoms with Crippen molar-refractivity contribution in [3.05, 3.63) is 96.3 Å². The summed E-state index contributed by atoms with van der Waals surface area (Å²) in [7, 11) is -10.7. The summed E-state index contributed by atoms with van der Waals surface area (Å²) < 4.78 is 59.2. The Hall–Kier alpha value is -2.54. The van der Waals surface area contributed by atoms with Crippen LogP contribution in [0.15, 0.2) is 79.1 Å². The Labute approximate surface area is 235 Å². The zero-order valence-corrected chi connectivity index (χ0v) is 23.8. The van der Waals surface area contributed by atoms with Crippen molar-refractivity contribution >= 4 is 29.6 Å². The standard InChI is InChI=1S/C16H11N3.C10H13.ClH.F6P.Ru/c1-2-6-13-11(5-1)12-8-10-18-16(15(12)19-13)14-7-3-4-9-17-14;1-8(2)10-6-4-9(3)5-7-10;;1-7(2,3,4,5)6;/h1-10,19H;4,6-8H,1-3H3;1H;;/q;-1;;-1;+3/p-1. The van der Waals surface area contributed by atoms with E-state index in [0.29, 0.717) is 5.92 Å². The molecule has 0 aliphatic heterocycles. The summed E-state index contributed by atoms with van der Waals surface area (Å²) in [6.07, 6.45) is 3.63. The van der Waals surface area contributed by atoms with E-state index in [4.69, 9.17) is 0 Å². The average molecular weight is 660 g/mol. The van der Waals surface area contributed by atoms with Crippen LogP contribution in [0.3, 0.4) is 0 Å². The molecule has 0 fully saturated rings. The maximum Gasteiger partial charge on any atom is 3.00 e. The van der Waals surface area contributed by atoms with E-state index in [2.05, 4.69) is 78.2 Å². The Balaban J connectivity index is 0.000000325. The number of halogens is 7. The number of fused-ring (bicyclic) bond motifs is 3. The smallest absolute Gasteiger partial charge is 1.00 e. The molecule has 12 heteroatoms. The van der Waals surface area contributed by atoms with Crippen molar-refractivity contribution in [2.45, 2.75) is 26.7 Å². The molecule has 1 N–H and O–H groups in total. The predicted octanol–water partition coefficient (Wildman–Crippen LogP) is 7.08. The summed E-state index contributed by atoms with van der Waals surface area (Å²) in [5.41, 5.74) is 6.54. The number of H-pyrrole nitrogens is 1. The monoisotopic (exact) mass is 660 g/mol. The molecule has 0 bridgehead atoms. The predicted molar refractivity (Wildman–Crippen MR) is 135 cm³/mol. The van der Waals surface area contributed by atoms with Gasteiger partial charge in [-0.2, -0.15) is 35.4 Å². The zero-order chi connectivity index (χ0) is 26.6. The van der Waals surface area contributed by atoms with E-state index in [0.717, 1.165) is 22.4 Å². The topological polar surface area (TPSA) is 41.6 Å². The third-order valence-corrected chi connectivity index (χ3v) is 4.99. The maximum absolute atomic E-state index is 10.7. The Kier molecular flexibility index (Phi) is 10.7. The largest absolute Gasteiger partial charge is 3.00 e. The minimum absolute atomic E-state index is 0. The van der Waals surface area contributed by atoms with E-state index in [1.165, 1.54) is 21.9 Å². The van der Waals surface area contributed by atoms with Crippen molar-refractivity contribution < 1.29 is 57.1 Å². The second kappa shape index (κ2) is 12.1. The molecule has 0 atom stereocenters. The zero-order valence-electron chi connectivity index (χ0n) is 20.4. The van der Waals surface area contributed by atoms with Gasteiger partial charge in [0.2, 0.25) is 0 Å². The van der Waals surface area contributed by atoms with Crippen molar-refractivity contribution in [1.29, 1.82) is 0 Å². The van der Waals surface area contributed by atoms with Gasteiger partial charge in [-0.1, -0.05) is 51.0 Å². The van der Waals surface area contributed by atoms with Gasteiger partial charge in [0.25, 0.3) is 0 Å². The van der Waals surface area contributed by atoms with Crippen LogP contribution in [0.25, 0.3) is 33.2 Å². The number of nitrogens with one attached hydrogen (secondary N) is 1. The Morgan fingerprint density at radius 1 is 0.789 bits per heavy atom. The van der Waals surface area contributed by atoms with Gasteiger partial charge in [-0.3, -0.25) is 9.97 Å². The van der Waals surface area contributed by atoms with E-state index in [-0.39, 0.29) is 31.9 Å². The van der Waals surface area contributed by atoms with Crippen LogP contribution in [0.2, 0.25) is 0 Å². The second-order valence-electron chi connectivity index (χ2n) is 8.39. The van der Waals surface area contributed by atoms with E-state index < -0.39 is 7.81 Å². The first-order valence-corrected chi connectivity index (χ1v) is 12.9. The number of aromatic amines is 1. The number of para-hydroxylation sites is 1. The van der Waals surface area contributed by atoms with E-state index >= 15 is 0 Å². The quantitative estimate of drug-likeness (QED) is 0.0953. The van der Waals surface area contributed by atoms with Crippen LogP contribution in [0.5, 0.6) is 0 Å². The molecule has 3 nitrogen and oxygen atoms in total. The molecule has 0 saturated carbocycles. The molecule has 0 amide bonds. The number of nitrogens with zero attached hydrogens (tertiary/aromatic N) is 2. The molecule has 5 rings (SSSR count). The number of pyridine rings is 2. The summed E-state index contributed by atoms with van der Waals surface area (Å²) in [5, 5.41) is 2.41. The SMILES string of the molecule is Cc1[c-]cc(C(C)C)cc1.F[P-](F)(F)(F)(F)F.[Cl-].[Ru+3].c1ccc(-c2nccc3c2[nH]c2ccccc23)nc1. The van der Waals surface area contributed by atoms with E-state index in [1.54, 1.807) is 6.20 Å². The Morgan fingerprint density at radius 2 is 1.42 bits per heavy atom. The molecule has 0 saturated heterocycles. The Bertz CT molecular complexity index is 1450. The van der Waals surface area contributed by atoms with Crippen molar-refractivity contribution in [3.8, 4) is 11.4 Å². The molecule has 3 heterocycles. The van der Waals surface area contributed by atoms with Crippen LogP contribution in [0.4, 0.5) is 25.2 Å². The van der Waals surface area contributed by atoms with Crippen molar-refractivity contribution in [2.75, 3.05) is 0 Å². The summed E-state index contributed by atoms with van der Waals surface area (Å²) in [6.45, 7) is 6.45. The first kappa shape index (κ1) is 33.5. The normalized spacial score (nSPS) is 12.6. The molecule has 3 aromatic heterocycles. The molecule has 2 aromatic carbocycles. The van der Waals surface area contributed by atoms with Gasteiger partial charge in [0, 0.05) is 28.7 Å². The van der Waals surface area contributed by atoms with Gasteiger partial charge in [-0.05, 0) is 24.3 Å². The van der Waals surface area contributed by atoms with E-state index in [1.807, 2.05) is 36.5 Å². The van der Waals surface area contributed by atoms with Crippen LogP contribution in [-0.2, 0) is 19.5 Å². The van der Waals surface area contributed by atoms with Gasteiger partial charge in [-0.25, -0.2) is 0 Å². The molecular formula is C26H24ClF6N3PRu. The summed E-state index contributed by atoms with van der Waals surface area (Å²) >= 11 is 0. The molecule has 0 spiro atoms. The second-order valence-corrected chi connectivity index (χ2v) is 10.3. The number of aromatic nitrogens is 3. The fraction of sp³-hybridized carbons (Fsp3) is 0.154. The summed E-state index contributed by atoms with van der Waals surface area (Å²) in [5.74, 6) is 0.622. The van der Waals surface area contributed by atoms with Gasteiger partial charge in [-0.15, -0.1) is 0 Å². The maximum atomic E-state index is 9.87. The number of rotatable bonds is 2. The van der Waals surface area contributed by atoms with Gasteiger partial charge in [0.15, 0.2) is 0 Å². The van der Waals surface area contributed by atoms with Crippen LogP contribution in [0.1, 0.15) is 30.9 Å². The molecule has 0 aliphatic rings. The van der Waals surface area contributed by atoms with Crippen molar-refractivity contribution in [2.24, 2.45) is 0 Å². The van der Waals surface area contributed by atoms with Crippen LogP contribution in [-0.4, -0.2) is 15.0 Å². The average Bonchev–Trinajstić information content (AvgIpc) is 3.17. The van der Waals surface area contributed by atoms with Crippen LogP contribution < -0.4 is 12.4 Å². The molecule has 38 heavy (non-hydrogen) atoms. The number of aryl methyl sites for hydroxylation is 1. The van der Waals surface area contributed by atoms with Crippen molar-refractivity contribution in [1.82, 2.24) is 15.0 Å². The fourth-order valence-corrected chi connectivity index (χ4v) is 3.35. The minimum Gasteiger partial charge on any atom is -1.00 e. The van der Waals surface area contributed by atoms with Gasteiger partial charge < -0.3 is 17.4 Å². The number of benzene rings is 2. The first-order chi connectivity index (χ1) is 16.6. The molecule has 1 radical (unpaired) electrons. The van der Waals surface area contributed by atoms with Crippen molar-refractivity contribution in [3.63, 3.8) is 0 Å². The molecule has 5 aromatic rings. The molecule has 0 unspecified atom stereocenters. The van der Waals surface area contributed by atoms with Gasteiger partial charge in [0.05, 0.1) is 11.2 Å². The van der Waals surface area contributed by atoms with Crippen LogP contribution >= 0.6 is 7.81 Å². The third-order valence-electron chi connectivity index (χ3n) is 4.99. The summed E-state index contributed by atoms with van der Waals surface area (Å²) in [4.78, 5) is 12.3. The van der Waals surface area contributed by atoms with E-state index in [9.17, 15) is 25.2 Å². The summed E-state index contributed by atoms with van der Waals surface area (Å²) in [6, 6.07) is 25.7. The van der Waals surface area contributed by atoms with Gasteiger partial charge in [0.1, 0.15) is 5.69 Å². The number of hydrogen-bond donors (Lipinski definition) is 1. The van der Waals surface area contributed by atoms with Crippen LogP contribution in [0, 0.1) is 13.0 Å². The molecule has 0 aliphatic carbocycles. The fourth-order valence-electron chi connectivity index (χ4n) is 3.35.